The summed E-state index contributed by atoms with van der Waals surface area (Å²) in [6, 6.07) is 16.0. The van der Waals surface area contributed by atoms with Crippen molar-refractivity contribution in [2.75, 3.05) is 19.0 Å². The molecule has 1 saturated heterocycles. The van der Waals surface area contributed by atoms with E-state index in [9.17, 15) is 24.5 Å². The highest BCUT2D eigenvalue weighted by molar-refractivity contribution is 8.18. The van der Waals surface area contributed by atoms with E-state index in [0.717, 1.165) is 4.90 Å². The number of thioether (sulfide) groups is 1. The minimum atomic E-state index is -0.612. The van der Waals surface area contributed by atoms with E-state index in [4.69, 9.17) is 9.47 Å². The highest BCUT2D eigenvalue weighted by Gasteiger charge is 2.36. The molecule has 0 aliphatic carbocycles. The molecule has 2 aromatic carbocycles. The Hall–Kier alpha value is -4.71. The van der Waals surface area contributed by atoms with Crippen LogP contribution in [0.25, 0.3) is 6.08 Å². The van der Waals surface area contributed by atoms with Crippen molar-refractivity contribution in [2.24, 2.45) is 0 Å². The van der Waals surface area contributed by atoms with Crippen molar-refractivity contribution in [3.8, 4) is 17.4 Å². The molecule has 0 bridgehead atoms. The Morgan fingerprint density at radius 1 is 1.14 bits per heavy atom. The first-order chi connectivity index (χ1) is 17.4. The number of amides is 3. The molecule has 3 aromatic rings. The second kappa shape index (κ2) is 10.7. The zero-order valence-corrected chi connectivity index (χ0v) is 19.6. The van der Waals surface area contributed by atoms with Crippen molar-refractivity contribution in [3.05, 3.63) is 87.4 Å². The Labute approximate surface area is 208 Å². The van der Waals surface area contributed by atoms with Crippen LogP contribution in [0.3, 0.4) is 0 Å². The molecule has 11 nitrogen and oxygen atoms in total. The van der Waals surface area contributed by atoms with Gasteiger partial charge < -0.3 is 14.8 Å². The minimum Gasteiger partial charge on any atom is -0.493 e. The van der Waals surface area contributed by atoms with Gasteiger partial charge in [0.05, 0.1) is 16.9 Å². The monoisotopic (exact) mass is 506 g/mol. The molecule has 0 saturated carbocycles. The van der Waals surface area contributed by atoms with Gasteiger partial charge in [-0.25, -0.2) is 4.98 Å². The second-order valence-corrected chi connectivity index (χ2v) is 8.27. The molecular weight excluding hydrogens is 488 g/mol. The van der Waals surface area contributed by atoms with Crippen molar-refractivity contribution in [2.45, 2.75) is 0 Å². The number of benzene rings is 2. The molecule has 1 N–H and O–H groups in total. The lowest BCUT2D eigenvalue weighted by molar-refractivity contribution is -0.386. The van der Waals surface area contributed by atoms with Crippen LogP contribution in [-0.4, -0.2) is 45.5 Å². The first-order valence-corrected chi connectivity index (χ1v) is 11.2. The van der Waals surface area contributed by atoms with Gasteiger partial charge in [-0.05, 0) is 53.7 Å². The van der Waals surface area contributed by atoms with Crippen molar-refractivity contribution < 1.29 is 28.8 Å². The fourth-order valence-electron chi connectivity index (χ4n) is 3.22. The van der Waals surface area contributed by atoms with Gasteiger partial charge in [-0.3, -0.25) is 29.4 Å². The first kappa shape index (κ1) is 24.4. The number of nitrogens with zero attached hydrogens (tertiary/aromatic N) is 3. The maximum Gasteiger partial charge on any atom is 0.331 e. The van der Waals surface area contributed by atoms with E-state index in [1.807, 2.05) is 0 Å². The second-order valence-electron chi connectivity index (χ2n) is 7.28. The number of carbonyl (C=O) groups excluding carboxylic acids is 3. The van der Waals surface area contributed by atoms with Gasteiger partial charge in [-0.1, -0.05) is 24.3 Å². The maximum absolute atomic E-state index is 12.8. The maximum atomic E-state index is 12.8. The van der Waals surface area contributed by atoms with E-state index in [-0.39, 0.29) is 28.0 Å². The van der Waals surface area contributed by atoms with Crippen LogP contribution in [0.15, 0.2) is 71.8 Å². The number of nitro groups is 1. The molecule has 0 radical (unpaired) electrons. The number of pyridine rings is 1. The number of carbonyl (C=O) groups is 3. The number of hydrogen-bond acceptors (Lipinski definition) is 9. The van der Waals surface area contributed by atoms with Gasteiger partial charge in [0.25, 0.3) is 17.0 Å². The molecule has 3 amide bonds. The minimum absolute atomic E-state index is 0.128. The molecule has 1 aliphatic rings. The number of rotatable bonds is 8. The van der Waals surface area contributed by atoms with Gasteiger partial charge in [-0.2, -0.15) is 0 Å². The van der Waals surface area contributed by atoms with Crippen LogP contribution in [0, 0.1) is 10.1 Å². The Morgan fingerprint density at radius 3 is 2.64 bits per heavy atom. The average molecular weight is 506 g/mol. The van der Waals surface area contributed by atoms with Crippen molar-refractivity contribution in [1.82, 2.24) is 9.88 Å². The summed E-state index contributed by atoms with van der Waals surface area (Å²) < 4.78 is 10.9. The number of methoxy groups -OCH3 is 1. The summed E-state index contributed by atoms with van der Waals surface area (Å²) in [5, 5.41) is 13.3. The number of ether oxygens (including phenoxy) is 2. The van der Waals surface area contributed by atoms with Crippen LogP contribution >= 0.6 is 11.8 Å². The molecule has 36 heavy (non-hydrogen) atoms. The Morgan fingerprint density at radius 2 is 1.92 bits per heavy atom. The van der Waals surface area contributed by atoms with Crippen LogP contribution in [0.4, 0.5) is 16.2 Å². The molecule has 2 heterocycles. The molecule has 4 rings (SSSR count). The number of imide groups is 1. The van der Waals surface area contributed by atoms with Gasteiger partial charge in [0.1, 0.15) is 6.54 Å². The Kier molecular flexibility index (Phi) is 7.25. The van der Waals surface area contributed by atoms with Crippen LogP contribution in [0.1, 0.15) is 5.56 Å². The number of anilines is 1. The summed E-state index contributed by atoms with van der Waals surface area (Å²) in [6.07, 6.45) is 2.84. The summed E-state index contributed by atoms with van der Waals surface area (Å²) in [5.74, 6) is -0.913. The third-order valence-electron chi connectivity index (χ3n) is 4.87. The van der Waals surface area contributed by atoms with E-state index in [2.05, 4.69) is 10.3 Å². The average Bonchev–Trinajstić information content (AvgIpc) is 3.12. The quantitative estimate of drug-likeness (QED) is 0.266. The molecule has 1 aromatic heterocycles. The van der Waals surface area contributed by atoms with Crippen LogP contribution < -0.4 is 14.8 Å². The predicted octanol–water partition coefficient (Wildman–Crippen LogP) is 4.47. The van der Waals surface area contributed by atoms with Gasteiger partial charge in [0, 0.05) is 18.0 Å². The van der Waals surface area contributed by atoms with E-state index >= 15 is 0 Å². The number of para-hydroxylation sites is 1. The fraction of sp³-hybridized carbons (Fsp3) is 0.0833. The van der Waals surface area contributed by atoms with Crippen LogP contribution in [0.5, 0.6) is 17.4 Å². The largest absolute Gasteiger partial charge is 0.493 e. The number of hydrogen-bond donors (Lipinski definition) is 1. The van der Waals surface area contributed by atoms with Gasteiger partial charge in [0.2, 0.25) is 5.91 Å². The highest BCUT2D eigenvalue weighted by atomic mass is 32.2. The molecular formula is C24H18N4O7S. The van der Waals surface area contributed by atoms with E-state index in [1.54, 1.807) is 42.5 Å². The lowest BCUT2D eigenvalue weighted by Gasteiger charge is -2.12. The van der Waals surface area contributed by atoms with Gasteiger partial charge >= 0.3 is 5.69 Å². The highest BCUT2D eigenvalue weighted by Crippen LogP contribution is 2.37. The van der Waals surface area contributed by atoms with Crippen molar-refractivity contribution in [1.29, 1.82) is 0 Å². The standard InChI is InChI=1S/C24H18N4O7S/c1-34-19-12-15(9-10-18(19)35-22-17(28(32)33)8-5-11-25-22)13-20-23(30)27(24(31)36-20)14-21(29)26-16-6-3-2-4-7-16/h2-13H,14H2,1H3,(H,26,29)/b20-13-. The van der Waals surface area contributed by atoms with Crippen molar-refractivity contribution in [3.63, 3.8) is 0 Å². The summed E-state index contributed by atoms with van der Waals surface area (Å²) in [5.41, 5.74) is 0.748. The summed E-state index contributed by atoms with van der Waals surface area (Å²) in [4.78, 5) is 53.0. The molecule has 1 fully saturated rings. The third-order valence-corrected chi connectivity index (χ3v) is 5.78. The summed E-state index contributed by atoms with van der Waals surface area (Å²) >= 11 is 0.712. The summed E-state index contributed by atoms with van der Waals surface area (Å²) in [7, 11) is 1.39. The molecule has 12 heteroatoms. The van der Waals surface area contributed by atoms with E-state index < -0.39 is 28.5 Å². The Balaban J connectivity index is 1.49. The molecule has 0 atom stereocenters. The van der Waals surface area contributed by atoms with Gasteiger partial charge in [-0.15, -0.1) is 0 Å². The van der Waals surface area contributed by atoms with Crippen molar-refractivity contribution >= 4 is 46.3 Å². The number of nitrogens with one attached hydrogen (secondary N) is 1. The number of aromatic nitrogens is 1. The third kappa shape index (κ3) is 5.50. The lowest BCUT2D eigenvalue weighted by atomic mass is 10.2. The van der Waals surface area contributed by atoms with E-state index in [1.165, 1.54) is 37.6 Å². The zero-order valence-electron chi connectivity index (χ0n) is 18.7. The predicted molar refractivity (Wildman–Crippen MR) is 132 cm³/mol. The topological polar surface area (TPSA) is 141 Å². The molecule has 0 spiro atoms. The van der Waals surface area contributed by atoms with Crippen LogP contribution in [-0.2, 0) is 9.59 Å². The van der Waals surface area contributed by atoms with Crippen LogP contribution in [0.2, 0.25) is 0 Å². The smallest absolute Gasteiger partial charge is 0.331 e. The Bertz CT molecular complexity index is 1380. The summed E-state index contributed by atoms with van der Waals surface area (Å²) in [6.45, 7) is -0.421. The SMILES string of the molecule is COc1cc(/C=C2\SC(=O)N(CC(=O)Nc3ccccc3)C2=O)ccc1Oc1ncccc1[N+](=O)[O-]. The van der Waals surface area contributed by atoms with Gasteiger partial charge in [0.15, 0.2) is 11.5 Å². The lowest BCUT2D eigenvalue weighted by Crippen LogP contribution is -2.36. The molecule has 0 unspecified atom stereocenters. The molecule has 182 valence electrons. The first-order valence-electron chi connectivity index (χ1n) is 10.4. The molecule has 1 aliphatic heterocycles. The normalized spacial score (nSPS) is 14.1. The zero-order chi connectivity index (χ0) is 25.7. The fourth-order valence-corrected chi connectivity index (χ4v) is 4.05. The van der Waals surface area contributed by atoms with E-state index in [0.29, 0.717) is 23.0 Å².